The van der Waals surface area contributed by atoms with Gasteiger partial charge in [-0.05, 0) is 50.9 Å². The molecule has 3 rings (SSSR count). The molecule has 0 aromatic rings. The predicted octanol–water partition coefficient (Wildman–Crippen LogP) is 11.8. The number of unbranched alkanes of at least 4 members (excludes halogenated alkanes) is 35. The van der Waals surface area contributed by atoms with E-state index >= 15 is 0 Å². The monoisotopic (exact) mass is 1470 g/mol. The molecule has 1 aliphatic carbocycles. The van der Waals surface area contributed by atoms with Crippen LogP contribution in [0.4, 0.5) is 0 Å². The van der Waals surface area contributed by atoms with E-state index in [2.05, 4.69) is 39.8 Å². The minimum Gasteiger partial charge on any atom is -0.463 e. The van der Waals surface area contributed by atoms with Crippen molar-refractivity contribution in [1.29, 1.82) is 0 Å². The van der Waals surface area contributed by atoms with E-state index in [9.17, 15) is 74.9 Å². The van der Waals surface area contributed by atoms with E-state index in [1.807, 2.05) is 0 Å². The largest absolute Gasteiger partial charge is 0.472 e. The number of hydrogen-bond donors (Lipinski definition) is 11. The van der Waals surface area contributed by atoms with Gasteiger partial charge in [-0.1, -0.05) is 265 Å². The highest BCUT2D eigenvalue weighted by Gasteiger charge is 2.58. The Morgan fingerprint density at radius 1 is 0.406 bits per heavy atom. The molecule has 101 heavy (non-hydrogen) atoms. The van der Waals surface area contributed by atoms with E-state index in [1.165, 1.54) is 154 Å². The molecule has 0 bridgehead atoms. The molecular weight excluding hydrogens is 1330 g/mol. The molecule has 0 spiro atoms. The third-order valence-corrected chi connectivity index (χ3v) is 20.9. The van der Waals surface area contributed by atoms with Gasteiger partial charge in [0.05, 0.1) is 13.2 Å². The first kappa shape index (κ1) is 92.9. The summed E-state index contributed by atoms with van der Waals surface area (Å²) in [6.07, 6.45) is 15.5. The smallest absolute Gasteiger partial charge is 0.463 e. The molecule has 3 fully saturated rings. The lowest BCUT2D eigenvalue weighted by molar-refractivity contribution is -0.360. The lowest BCUT2D eigenvalue weighted by atomic mass is 9.84. The molecule has 25 heteroatoms. The van der Waals surface area contributed by atoms with Gasteiger partial charge < -0.3 is 89.1 Å². The summed E-state index contributed by atoms with van der Waals surface area (Å²) in [5.41, 5.74) is 0. The quantitative estimate of drug-likeness (QED) is 0.00886. The first-order valence-corrected chi connectivity index (χ1v) is 41.4. The lowest BCUT2D eigenvalue weighted by Gasteiger charge is -2.49. The summed E-state index contributed by atoms with van der Waals surface area (Å²) in [4.78, 5) is 51.1. The Kier molecular flexibility index (Phi) is 52.4. The van der Waals surface area contributed by atoms with Crippen molar-refractivity contribution in [2.75, 3.05) is 26.4 Å². The molecule has 0 aromatic heterocycles. The first-order chi connectivity index (χ1) is 48.7. The zero-order valence-corrected chi connectivity index (χ0v) is 63.3. The molecule has 2 heterocycles. The molecule has 2 aliphatic heterocycles. The number of hydrogen-bond acceptors (Lipinski definition) is 23. The Bertz CT molecular complexity index is 2150. The number of carbonyl (C=O) groups is 3. The highest BCUT2D eigenvalue weighted by atomic mass is 31.2. The number of aliphatic hydroxyl groups excluding tert-OH is 10. The van der Waals surface area contributed by atoms with Crippen molar-refractivity contribution in [3.8, 4) is 0 Å². The van der Waals surface area contributed by atoms with Crippen molar-refractivity contribution >= 4 is 25.7 Å². The summed E-state index contributed by atoms with van der Waals surface area (Å²) in [5, 5.41) is 110. The van der Waals surface area contributed by atoms with Gasteiger partial charge in [0.25, 0.3) is 0 Å². The molecule has 594 valence electrons. The second-order valence-corrected chi connectivity index (χ2v) is 30.5. The minimum atomic E-state index is -5.70. The van der Waals surface area contributed by atoms with Crippen LogP contribution in [0.15, 0.2) is 12.2 Å². The summed E-state index contributed by atoms with van der Waals surface area (Å²) < 4.78 is 65.2. The summed E-state index contributed by atoms with van der Waals surface area (Å²) in [7, 11) is -5.70. The molecule has 2 saturated heterocycles. The van der Waals surface area contributed by atoms with Crippen LogP contribution in [-0.2, 0) is 61.2 Å². The second-order valence-electron chi connectivity index (χ2n) is 29.1. The zero-order valence-electron chi connectivity index (χ0n) is 62.4. The molecule has 19 unspecified atom stereocenters. The Morgan fingerprint density at radius 2 is 0.752 bits per heavy atom. The minimum absolute atomic E-state index is 0.0275. The van der Waals surface area contributed by atoms with Gasteiger partial charge in [-0.2, -0.15) is 0 Å². The highest BCUT2D eigenvalue weighted by Crippen LogP contribution is 2.49. The Balaban J connectivity index is 1.72. The van der Waals surface area contributed by atoms with Crippen LogP contribution >= 0.6 is 7.82 Å². The average Bonchev–Trinajstić information content (AvgIpc) is 0.762. The molecule has 1 saturated carbocycles. The van der Waals surface area contributed by atoms with Gasteiger partial charge in [0.15, 0.2) is 18.7 Å². The fraction of sp³-hybridized carbons (Fsp3) is 0.934. The van der Waals surface area contributed by atoms with E-state index in [0.717, 1.165) is 96.3 Å². The van der Waals surface area contributed by atoms with E-state index in [1.54, 1.807) is 0 Å². The predicted molar refractivity (Wildman–Crippen MR) is 384 cm³/mol. The molecule has 0 aromatic carbocycles. The van der Waals surface area contributed by atoms with Gasteiger partial charge in [0, 0.05) is 19.3 Å². The third-order valence-electron chi connectivity index (χ3n) is 19.9. The van der Waals surface area contributed by atoms with Crippen LogP contribution in [0.1, 0.15) is 317 Å². The number of aliphatic hydroxyl groups is 10. The normalized spacial score (nSPS) is 27.5. The maximum atomic E-state index is 14.4. The Labute approximate surface area is 605 Å². The number of rotatable bonds is 62. The zero-order chi connectivity index (χ0) is 74.1. The van der Waals surface area contributed by atoms with Crippen LogP contribution in [0.2, 0.25) is 0 Å². The van der Waals surface area contributed by atoms with Crippen molar-refractivity contribution in [2.24, 2.45) is 5.92 Å². The van der Waals surface area contributed by atoms with Crippen molar-refractivity contribution < 1.29 is 117 Å². The molecule has 3 aliphatic rings. The van der Waals surface area contributed by atoms with Gasteiger partial charge >= 0.3 is 25.7 Å². The average molecular weight is 1470 g/mol. The Morgan fingerprint density at radius 3 is 1.18 bits per heavy atom. The number of phosphoric ester groups is 1. The summed E-state index contributed by atoms with van der Waals surface area (Å²) in [5.74, 6) is -1.30. The fourth-order valence-corrected chi connectivity index (χ4v) is 14.3. The van der Waals surface area contributed by atoms with E-state index < -0.39 is 156 Å². The second kappa shape index (κ2) is 56.9. The summed E-state index contributed by atoms with van der Waals surface area (Å²) in [6, 6.07) is 0. The van der Waals surface area contributed by atoms with Crippen LogP contribution < -0.4 is 0 Å². The number of ether oxygens (including phenoxy) is 7. The third kappa shape index (κ3) is 39.9. The number of phosphoric acid groups is 1. The summed E-state index contributed by atoms with van der Waals surface area (Å²) in [6.45, 7) is 5.78. The van der Waals surface area contributed by atoms with Gasteiger partial charge in [0.2, 0.25) is 0 Å². The van der Waals surface area contributed by atoms with Crippen molar-refractivity contribution in [3.63, 3.8) is 0 Å². The maximum absolute atomic E-state index is 14.4. The van der Waals surface area contributed by atoms with Crippen LogP contribution in [0.25, 0.3) is 0 Å². The fourth-order valence-electron chi connectivity index (χ4n) is 13.4. The van der Waals surface area contributed by atoms with Crippen LogP contribution in [-0.4, -0.2) is 204 Å². The van der Waals surface area contributed by atoms with Gasteiger partial charge in [-0.3, -0.25) is 23.4 Å². The van der Waals surface area contributed by atoms with Gasteiger partial charge in [-0.25, -0.2) is 4.57 Å². The van der Waals surface area contributed by atoms with Crippen LogP contribution in [0.5, 0.6) is 0 Å². The Hall–Kier alpha value is -2.30. The van der Waals surface area contributed by atoms with E-state index in [0.29, 0.717) is 25.2 Å². The standard InChI is InChI=1S/C76H141O24P/c1-5-8-11-14-17-19-21-23-24-25-26-28-30-32-34-41-46-51-62(80)95-57(53-92-60(78)49-44-39-33-31-29-27-22-20-18-15-12-9-6-2)54-94-101(90,91)100-74-72(98-75-70(88)65(83)63(81)58(52-77)96-75)68(86)67(85)69(87)73(74)99-76-71(89)66(84)64(82)59(97-76)55-93-61(79)50-45-40-36-35-38-43-48-56(4)47-42-37-16-13-10-7-3/h27,29,56-59,63-77,81-89H,5-26,28,30-55H2,1-4H3,(H,90,91)/b29-27-. The number of carbonyl (C=O) groups excluding carboxylic acids is 3. The van der Waals surface area contributed by atoms with Crippen molar-refractivity contribution in [2.45, 2.75) is 421 Å². The molecule has 11 N–H and O–H groups in total. The molecule has 0 radical (unpaired) electrons. The van der Waals surface area contributed by atoms with E-state index in [-0.39, 0.29) is 19.3 Å². The van der Waals surface area contributed by atoms with Gasteiger partial charge in [-0.15, -0.1) is 0 Å². The van der Waals surface area contributed by atoms with Crippen molar-refractivity contribution in [3.05, 3.63) is 12.2 Å². The SMILES string of the molecule is CCCCCCCC/C=C\CCCCCC(=O)OCC(COP(=O)(O)OC1C(OC2OC(CO)C(O)C(O)C2O)C(O)C(O)C(O)C1OC1OC(COC(=O)CCCCCCCCC(C)CCCCCCCC)C(O)C(O)C1O)OC(=O)CCCCCCCCCCCCCCCCCCC. The topological polar surface area (TPSA) is 374 Å². The van der Waals surface area contributed by atoms with Gasteiger partial charge in [0.1, 0.15) is 98.7 Å². The van der Waals surface area contributed by atoms with Crippen LogP contribution in [0, 0.1) is 5.92 Å². The van der Waals surface area contributed by atoms with Crippen LogP contribution in [0.3, 0.4) is 0 Å². The van der Waals surface area contributed by atoms with E-state index in [4.69, 9.17) is 42.2 Å². The lowest BCUT2D eigenvalue weighted by Crippen LogP contribution is -2.69. The molecule has 0 amide bonds. The molecule has 24 nitrogen and oxygen atoms in total. The maximum Gasteiger partial charge on any atom is 0.472 e. The first-order valence-electron chi connectivity index (χ1n) is 39.9. The molecule has 19 atom stereocenters. The number of allylic oxidation sites excluding steroid dienone is 2. The molecular formula is C76H141O24P. The van der Waals surface area contributed by atoms with Crippen molar-refractivity contribution in [1.82, 2.24) is 0 Å². The number of esters is 3. The summed E-state index contributed by atoms with van der Waals surface area (Å²) >= 11 is 0. The highest BCUT2D eigenvalue weighted by molar-refractivity contribution is 7.47.